The molecule has 0 amide bonds. The van der Waals surface area contributed by atoms with Gasteiger partial charge in [0.05, 0.1) is 12.8 Å². The molecule has 0 aliphatic rings. The molecule has 7 heteroatoms. The van der Waals surface area contributed by atoms with E-state index < -0.39 is 10.0 Å². The zero-order valence-electron chi connectivity index (χ0n) is 14.8. The van der Waals surface area contributed by atoms with Gasteiger partial charge in [0.2, 0.25) is 0 Å². The third-order valence-corrected chi connectivity index (χ3v) is 5.37. The van der Waals surface area contributed by atoms with Crippen molar-refractivity contribution in [1.82, 2.24) is 5.16 Å². The highest BCUT2D eigenvalue weighted by atomic mass is 32.2. The van der Waals surface area contributed by atoms with Gasteiger partial charge < -0.3 is 9.26 Å². The van der Waals surface area contributed by atoms with Gasteiger partial charge in [-0.2, -0.15) is 0 Å². The number of aryl methyl sites for hydroxylation is 2. The van der Waals surface area contributed by atoms with E-state index >= 15 is 0 Å². The topological polar surface area (TPSA) is 81.4 Å². The second kappa shape index (κ2) is 7.21. The van der Waals surface area contributed by atoms with Crippen molar-refractivity contribution in [3.05, 3.63) is 59.8 Å². The smallest absolute Gasteiger partial charge is 0.265 e. The van der Waals surface area contributed by atoms with Crippen molar-refractivity contribution in [2.45, 2.75) is 25.2 Å². The normalized spacial score (nSPS) is 11.3. The Morgan fingerprint density at radius 2 is 1.96 bits per heavy atom. The summed E-state index contributed by atoms with van der Waals surface area (Å²) in [4.78, 5) is 0.0573. The Kier molecular flexibility index (Phi) is 4.99. The summed E-state index contributed by atoms with van der Waals surface area (Å²) in [5.41, 5.74) is 3.00. The number of nitrogens with one attached hydrogen (secondary N) is 1. The van der Waals surface area contributed by atoms with Gasteiger partial charge in [0.1, 0.15) is 10.6 Å². The van der Waals surface area contributed by atoms with E-state index in [2.05, 4.69) is 9.88 Å². The maximum absolute atomic E-state index is 12.8. The number of nitrogens with zero attached hydrogens (tertiary/aromatic N) is 1. The summed E-state index contributed by atoms with van der Waals surface area (Å²) >= 11 is 0. The van der Waals surface area contributed by atoms with E-state index in [1.807, 2.05) is 32.0 Å². The van der Waals surface area contributed by atoms with Crippen molar-refractivity contribution in [1.29, 1.82) is 0 Å². The van der Waals surface area contributed by atoms with Crippen LogP contribution in [0.1, 0.15) is 18.2 Å². The Labute approximate surface area is 152 Å². The number of aromatic nitrogens is 1. The molecule has 1 N–H and O–H groups in total. The molecule has 1 heterocycles. The van der Waals surface area contributed by atoms with Crippen molar-refractivity contribution < 1.29 is 17.7 Å². The molecule has 0 aliphatic carbocycles. The lowest BCUT2D eigenvalue weighted by atomic mass is 10.1. The highest BCUT2D eigenvalue weighted by Gasteiger charge is 2.21. The zero-order valence-corrected chi connectivity index (χ0v) is 15.6. The van der Waals surface area contributed by atoms with Crippen LogP contribution in [-0.4, -0.2) is 20.7 Å². The van der Waals surface area contributed by atoms with Crippen LogP contribution in [0.25, 0.3) is 11.3 Å². The summed E-state index contributed by atoms with van der Waals surface area (Å²) in [7, 11) is -2.36. The number of hydrogen-bond donors (Lipinski definition) is 1. The molecule has 0 aliphatic heterocycles. The SMILES string of the molecule is CCc1cccc(NS(=O)(=O)c2ccc(-c3cc(C)no3)cc2OC)c1. The highest BCUT2D eigenvalue weighted by molar-refractivity contribution is 7.92. The van der Waals surface area contributed by atoms with Gasteiger partial charge in [-0.25, -0.2) is 8.42 Å². The average molecular weight is 372 g/mol. The van der Waals surface area contributed by atoms with Gasteiger partial charge in [0.15, 0.2) is 5.76 Å². The maximum Gasteiger partial charge on any atom is 0.265 e. The summed E-state index contributed by atoms with van der Waals surface area (Å²) < 4.78 is 38.7. The zero-order chi connectivity index (χ0) is 18.7. The molecule has 0 saturated heterocycles. The monoisotopic (exact) mass is 372 g/mol. The second-order valence-electron chi connectivity index (χ2n) is 5.86. The van der Waals surface area contributed by atoms with Crippen LogP contribution in [0, 0.1) is 6.92 Å². The Hall–Kier alpha value is -2.80. The minimum atomic E-state index is -3.80. The molecule has 0 saturated carbocycles. The molecule has 136 valence electrons. The first-order valence-electron chi connectivity index (χ1n) is 8.16. The average Bonchev–Trinajstić information content (AvgIpc) is 3.07. The second-order valence-corrected chi connectivity index (χ2v) is 7.51. The Morgan fingerprint density at radius 1 is 1.15 bits per heavy atom. The van der Waals surface area contributed by atoms with Gasteiger partial charge in [0.25, 0.3) is 10.0 Å². The van der Waals surface area contributed by atoms with Gasteiger partial charge in [-0.1, -0.05) is 24.2 Å². The molecule has 0 bridgehead atoms. The Morgan fingerprint density at radius 3 is 2.62 bits per heavy atom. The molecule has 2 aromatic carbocycles. The number of ether oxygens (including phenoxy) is 1. The van der Waals surface area contributed by atoms with Crippen molar-refractivity contribution in [3.63, 3.8) is 0 Å². The van der Waals surface area contributed by atoms with Gasteiger partial charge in [-0.15, -0.1) is 0 Å². The Bertz CT molecular complexity index is 1030. The number of rotatable bonds is 6. The van der Waals surface area contributed by atoms with E-state index in [1.54, 1.807) is 24.3 Å². The molecular weight excluding hydrogens is 352 g/mol. The molecule has 6 nitrogen and oxygen atoms in total. The molecule has 1 aromatic heterocycles. The third-order valence-electron chi connectivity index (χ3n) is 3.95. The fourth-order valence-corrected chi connectivity index (χ4v) is 3.81. The van der Waals surface area contributed by atoms with E-state index in [-0.39, 0.29) is 10.6 Å². The van der Waals surface area contributed by atoms with Crippen LogP contribution in [-0.2, 0) is 16.4 Å². The number of methoxy groups -OCH3 is 1. The molecule has 0 radical (unpaired) electrons. The summed E-state index contributed by atoms with van der Waals surface area (Å²) in [6.45, 7) is 3.83. The number of anilines is 1. The van der Waals surface area contributed by atoms with Crippen LogP contribution in [0.15, 0.2) is 57.9 Å². The quantitative estimate of drug-likeness (QED) is 0.707. The molecule has 0 unspecified atom stereocenters. The molecule has 3 rings (SSSR count). The maximum atomic E-state index is 12.8. The summed E-state index contributed by atoms with van der Waals surface area (Å²) in [6, 6.07) is 13.9. The molecular formula is C19H20N2O4S. The van der Waals surface area contributed by atoms with Crippen molar-refractivity contribution >= 4 is 15.7 Å². The van der Waals surface area contributed by atoms with Crippen molar-refractivity contribution in [3.8, 4) is 17.1 Å². The first-order chi connectivity index (χ1) is 12.4. The first kappa shape index (κ1) is 18.0. The number of sulfonamides is 1. The third kappa shape index (κ3) is 3.72. The lowest BCUT2D eigenvalue weighted by Crippen LogP contribution is -2.14. The van der Waals surface area contributed by atoms with E-state index in [4.69, 9.17) is 9.26 Å². The van der Waals surface area contributed by atoms with E-state index in [0.29, 0.717) is 17.0 Å². The molecule has 0 atom stereocenters. The van der Waals surface area contributed by atoms with Crippen LogP contribution in [0.3, 0.4) is 0 Å². The molecule has 0 spiro atoms. The summed E-state index contributed by atoms with van der Waals surface area (Å²) in [6.07, 6.45) is 0.824. The predicted molar refractivity (Wildman–Crippen MR) is 99.9 cm³/mol. The van der Waals surface area contributed by atoms with Gasteiger partial charge >= 0.3 is 0 Å². The van der Waals surface area contributed by atoms with Crippen molar-refractivity contribution in [2.75, 3.05) is 11.8 Å². The fraction of sp³-hybridized carbons (Fsp3) is 0.211. The number of hydrogen-bond acceptors (Lipinski definition) is 5. The Balaban J connectivity index is 1.96. The number of benzene rings is 2. The van der Waals surface area contributed by atoms with E-state index in [9.17, 15) is 8.42 Å². The first-order valence-corrected chi connectivity index (χ1v) is 9.64. The van der Waals surface area contributed by atoms with Crippen LogP contribution in [0.5, 0.6) is 5.75 Å². The van der Waals surface area contributed by atoms with Crippen LogP contribution in [0.2, 0.25) is 0 Å². The van der Waals surface area contributed by atoms with Crippen LogP contribution < -0.4 is 9.46 Å². The van der Waals surface area contributed by atoms with Gasteiger partial charge in [-0.3, -0.25) is 4.72 Å². The fourth-order valence-electron chi connectivity index (χ4n) is 2.61. The standard InChI is InChI=1S/C19H20N2O4S/c1-4-14-6-5-7-16(11-14)21-26(22,23)19-9-8-15(12-18(19)24-3)17-10-13(2)20-25-17/h5-12,21H,4H2,1-3H3. The van der Waals surface area contributed by atoms with Crippen molar-refractivity contribution in [2.24, 2.45) is 0 Å². The molecule has 26 heavy (non-hydrogen) atoms. The van der Waals surface area contributed by atoms with E-state index in [1.165, 1.54) is 13.2 Å². The van der Waals surface area contributed by atoms with E-state index in [0.717, 1.165) is 17.7 Å². The largest absolute Gasteiger partial charge is 0.495 e. The van der Waals surface area contributed by atoms with Crippen LogP contribution >= 0.6 is 0 Å². The minimum absolute atomic E-state index is 0.0573. The van der Waals surface area contributed by atoms with Crippen LogP contribution in [0.4, 0.5) is 5.69 Å². The minimum Gasteiger partial charge on any atom is -0.495 e. The lowest BCUT2D eigenvalue weighted by molar-refractivity contribution is 0.402. The van der Waals surface area contributed by atoms with Gasteiger partial charge in [0, 0.05) is 17.3 Å². The summed E-state index contributed by atoms with van der Waals surface area (Å²) in [5.74, 6) is 0.782. The predicted octanol–water partition coefficient (Wildman–Crippen LogP) is 4.02. The molecule has 3 aromatic rings. The van der Waals surface area contributed by atoms with Gasteiger partial charge in [-0.05, 0) is 49.2 Å². The summed E-state index contributed by atoms with van der Waals surface area (Å²) in [5, 5.41) is 3.85. The molecule has 0 fully saturated rings. The highest BCUT2D eigenvalue weighted by Crippen LogP contribution is 2.31. The lowest BCUT2D eigenvalue weighted by Gasteiger charge is -2.13.